The molecule has 5 heteroatoms. The summed E-state index contributed by atoms with van der Waals surface area (Å²) in [6.07, 6.45) is 0. The normalized spacial score (nSPS) is 10.7. The Morgan fingerprint density at radius 2 is 1.88 bits per heavy atom. The van der Waals surface area contributed by atoms with E-state index in [1.165, 1.54) is 0 Å². The van der Waals surface area contributed by atoms with E-state index in [4.69, 9.17) is 9.47 Å². The highest BCUT2D eigenvalue weighted by atomic mass is 16.5. The van der Waals surface area contributed by atoms with Gasteiger partial charge in [-0.15, -0.1) is 0 Å². The second-order valence-electron chi connectivity index (χ2n) is 6.66. The van der Waals surface area contributed by atoms with Crippen LogP contribution in [0, 0.1) is 12.8 Å². The van der Waals surface area contributed by atoms with Crippen molar-refractivity contribution in [3.8, 4) is 11.5 Å². The van der Waals surface area contributed by atoms with E-state index in [2.05, 4.69) is 24.5 Å². The largest absolute Gasteiger partial charge is 0.493 e. The Kier molecular flexibility index (Phi) is 7.48. The van der Waals surface area contributed by atoms with Gasteiger partial charge in [0.15, 0.2) is 18.1 Å². The summed E-state index contributed by atoms with van der Waals surface area (Å²) in [6.45, 7) is 7.95. The summed E-state index contributed by atoms with van der Waals surface area (Å²) in [4.78, 5) is 12.1. The number of carbonyl (C=O) groups excluding carboxylic acids is 1. The second kappa shape index (κ2) is 9.82. The number of hydrogen-bond donors (Lipinski definition) is 2. The fourth-order valence-corrected chi connectivity index (χ4v) is 2.49. The second-order valence-corrected chi connectivity index (χ2v) is 6.66. The van der Waals surface area contributed by atoms with Gasteiger partial charge in [0.25, 0.3) is 5.91 Å². The van der Waals surface area contributed by atoms with Crippen LogP contribution in [0.15, 0.2) is 42.5 Å². The van der Waals surface area contributed by atoms with E-state index in [-0.39, 0.29) is 12.5 Å². The number of carbonyl (C=O) groups is 1. The molecule has 26 heavy (non-hydrogen) atoms. The third kappa shape index (κ3) is 6.08. The van der Waals surface area contributed by atoms with Crippen molar-refractivity contribution in [1.82, 2.24) is 5.32 Å². The summed E-state index contributed by atoms with van der Waals surface area (Å²) in [7, 11) is 1.60. The standard InChI is InChI=1S/C21H28N2O3/c1-15(2)12-22-13-17-9-10-19(20(11-17)25-4)26-14-21(24)23-18-8-6-5-7-16(18)3/h5-11,15,22H,12-14H2,1-4H3,(H,23,24). The SMILES string of the molecule is COc1cc(CNCC(C)C)ccc1OCC(=O)Nc1ccccc1C. The minimum absolute atomic E-state index is 0.0738. The topological polar surface area (TPSA) is 59.6 Å². The van der Waals surface area contributed by atoms with E-state index < -0.39 is 0 Å². The summed E-state index contributed by atoms with van der Waals surface area (Å²) < 4.78 is 11.0. The highest BCUT2D eigenvalue weighted by Gasteiger charge is 2.10. The van der Waals surface area contributed by atoms with E-state index in [1.807, 2.05) is 49.4 Å². The zero-order valence-electron chi connectivity index (χ0n) is 16.0. The molecule has 2 N–H and O–H groups in total. The molecule has 0 atom stereocenters. The third-order valence-electron chi connectivity index (χ3n) is 3.89. The molecule has 140 valence electrons. The molecular weight excluding hydrogens is 328 g/mol. The number of amides is 1. The molecule has 2 aromatic rings. The highest BCUT2D eigenvalue weighted by molar-refractivity contribution is 5.92. The van der Waals surface area contributed by atoms with E-state index in [0.717, 1.165) is 29.9 Å². The van der Waals surface area contributed by atoms with Crippen molar-refractivity contribution in [2.24, 2.45) is 5.92 Å². The monoisotopic (exact) mass is 356 g/mol. The number of anilines is 1. The third-order valence-corrected chi connectivity index (χ3v) is 3.89. The van der Waals surface area contributed by atoms with Crippen molar-refractivity contribution in [1.29, 1.82) is 0 Å². The quantitative estimate of drug-likeness (QED) is 0.718. The van der Waals surface area contributed by atoms with Crippen molar-refractivity contribution in [3.63, 3.8) is 0 Å². The maximum atomic E-state index is 12.1. The molecule has 0 bridgehead atoms. The van der Waals surface area contributed by atoms with Gasteiger partial charge in [-0.1, -0.05) is 38.1 Å². The molecule has 0 unspecified atom stereocenters. The van der Waals surface area contributed by atoms with E-state index in [0.29, 0.717) is 17.4 Å². The van der Waals surface area contributed by atoms with E-state index in [9.17, 15) is 4.79 Å². The smallest absolute Gasteiger partial charge is 0.262 e. The van der Waals surface area contributed by atoms with Crippen LogP contribution >= 0.6 is 0 Å². The van der Waals surface area contributed by atoms with Crippen LogP contribution in [0.25, 0.3) is 0 Å². The molecule has 0 fully saturated rings. The predicted octanol–water partition coefficient (Wildman–Crippen LogP) is 3.77. The van der Waals surface area contributed by atoms with Gasteiger partial charge in [0.2, 0.25) is 0 Å². The number of benzene rings is 2. The Labute approximate surface area is 155 Å². The average Bonchev–Trinajstić information content (AvgIpc) is 2.62. The lowest BCUT2D eigenvalue weighted by molar-refractivity contribution is -0.118. The lowest BCUT2D eigenvalue weighted by Gasteiger charge is -2.13. The number of hydrogen-bond acceptors (Lipinski definition) is 4. The van der Waals surface area contributed by atoms with Crippen LogP contribution in [-0.4, -0.2) is 26.2 Å². The molecule has 0 aliphatic rings. The molecule has 0 radical (unpaired) electrons. The number of aryl methyl sites for hydroxylation is 1. The van der Waals surface area contributed by atoms with Gasteiger partial charge in [-0.2, -0.15) is 0 Å². The summed E-state index contributed by atoms with van der Waals surface area (Å²) in [5.41, 5.74) is 2.91. The van der Waals surface area contributed by atoms with Crippen LogP contribution in [0.2, 0.25) is 0 Å². The first-order chi connectivity index (χ1) is 12.5. The van der Waals surface area contributed by atoms with Gasteiger partial charge < -0.3 is 20.1 Å². The number of para-hydroxylation sites is 1. The Balaban J connectivity index is 1.92. The Hall–Kier alpha value is -2.53. The van der Waals surface area contributed by atoms with Crippen LogP contribution < -0.4 is 20.1 Å². The van der Waals surface area contributed by atoms with Crippen LogP contribution in [0.3, 0.4) is 0 Å². The van der Waals surface area contributed by atoms with Gasteiger partial charge in [0.05, 0.1) is 7.11 Å². The van der Waals surface area contributed by atoms with Crippen molar-refractivity contribution in [2.75, 3.05) is 25.6 Å². The molecule has 0 saturated carbocycles. The van der Waals surface area contributed by atoms with Gasteiger partial charge >= 0.3 is 0 Å². The van der Waals surface area contributed by atoms with Gasteiger partial charge in [0, 0.05) is 12.2 Å². The fourth-order valence-electron chi connectivity index (χ4n) is 2.49. The number of methoxy groups -OCH3 is 1. The molecule has 5 nitrogen and oxygen atoms in total. The zero-order chi connectivity index (χ0) is 18.9. The molecule has 0 aliphatic heterocycles. The lowest BCUT2D eigenvalue weighted by atomic mass is 10.2. The first-order valence-corrected chi connectivity index (χ1v) is 8.85. The maximum Gasteiger partial charge on any atom is 0.262 e. The molecule has 2 aromatic carbocycles. The Morgan fingerprint density at radius 3 is 2.58 bits per heavy atom. The first kappa shape index (κ1) is 19.8. The molecule has 0 heterocycles. The molecule has 0 aliphatic carbocycles. The van der Waals surface area contributed by atoms with Crippen LogP contribution in [0.1, 0.15) is 25.0 Å². The molecular formula is C21H28N2O3. The molecule has 1 amide bonds. The van der Waals surface area contributed by atoms with Gasteiger partial charge in [-0.05, 0) is 48.7 Å². The lowest BCUT2D eigenvalue weighted by Crippen LogP contribution is -2.21. The first-order valence-electron chi connectivity index (χ1n) is 8.85. The van der Waals surface area contributed by atoms with Crippen LogP contribution in [-0.2, 0) is 11.3 Å². The van der Waals surface area contributed by atoms with Crippen molar-refractivity contribution < 1.29 is 14.3 Å². The van der Waals surface area contributed by atoms with E-state index in [1.54, 1.807) is 7.11 Å². The maximum absolute atomic E-state index is 12.1. The Bertz CT molecular complexity index is 729. The highest BCUT2D eigenvalue weighted by Crippen LogP contribution is 2.28. The molecule has 2 rings (SSSR count). The summed E-state index contributed by atoms with van der Waals surface area (Å²) in [5, 5.41) is 6.25. The van der Waals surface area contributed by atoms with Crippen LogP contribution in [0.4, 0.5) is 5.69 Å². The van der Waals surface area contributed by atoms with Gasteiger partial charge in [0.1, 0.15) is 0 Å². The van der Waals surface area contributed by atoms with Crippen molar-refractivity contribution in [2.45, 2.75) is 27.3 Å². The van der Waals surface area contributed by atoms with Crippen molar-refractivity contribution >= 4 is 11.6 Å². The fraction of sp³-hybridized carbons (Fsp3) is 0.381. The summed E-state index contributed by atoms with van der Waals surface area (Å²) in [6, 6.07) is 13.4. The molecule has 0 spiro atoms. The number of ether oxygens (including phenoxy) is 2. The van der Waals surface area contributed by atoms with Crippen molar-refractivity contribution in [3.05, 3.63) is 53.6 Å². The average molecular weight is 356 g/mol. The zero-order valence-corrected chi connectivity index (χ0v) is 16.0. The van der Waals surface area contributed by atoms with Gasteiger partial charge in [-0.25, -0.2) is 0 Å². The summed E-state index contributed by atoms with van der Waals surface area (Å²) >= 11 is 0. The molecule has 0 saturated heterocycles. The minimum Gasteiger partial charge on any atom is -0.493 e. The predicted molar refractivity (Wildman–Crippen MR) is 105 cm³/mol. The number of rotatable bonds is 9. The van der Waals surface area contributed by atoms with E-state index >= 15 is 0 Å². The molecule has 0 aromatic heterocycles. The van der Waals surface area contributed by atoms with Crippen LogP contribution in [0.5, 0.6) is 11.5 Å². The number of nitrogens with one attached hydrogen (secondary N) is 2. The minimum atomic E-state index is -0.205. The Morgan fingerprint density at radius 1 is 1.12 bits per heavy atom. The van der Waals surface area contributed by atoms with Gasteiger partial charge in [-0.3, -0.25) is 4.79 Å². The summed E-state index contributed by atoms with van der Waals surface area (Å²) in [5.74, 6) is 1.58.